The van der Waals surface area contributed by atoms with Crippen molar-refractivity contribution >= 4 is 49.9 Å². The summed E-state index contributed by atoms with van der Waals surface area (Å²) in [5.41, 5.74) is 11.4. The fourth-order valence-corrected chi connectivity index (χ4v) is 8.62. The van der Waals surface area contributed by atoms with Crippen LogP contribution >= 0.6 is 0 Å². The van der Waals surface area contributed by atoms with Gasteiger partial charge < -0.3 is 8.83 Å². The highest BCUT2D eigenvalue weighted by Crippen LogP contribution is 2.48. The molecule has 11 rings (SSSR count). The Labute approximate surface area is 318 Å². The van der Waals surface area contributed by atoms with E-state index in [1.54, 1.807) is 0 Å². The predicted molar refractivity (Wildman–Crippen MR) is 222 cm³/mol. The third kappa shape index (κ3) is 5.26. The van der Waals surface area contributed by atoms with Crippen molar-refractivity contribution in [3.05, 3.63) is 180 Å². The third-order valence-corrected chi connectivity index (χ3v) is 11.3. The van der Waals surface area contributed by atoms with Gasteiger partial charge in [0.05, 0.1) is 0 Å². The number of furan rings is 2. The van der Waals surface area contributed by atoms with Crippen LogP contribution in [0.4, 0.5) is 0 Å². The maximum absolute atomic E-state index is 6.76. The molecule has 0 N–H and O–H groups in total. The van der Waals surface area contributed by atoms with Crippen molar-refractivity contribution in [2.45, 2.75) is 32.1 Å². The average Bonchev–Trinajstić information content (AvgIpc) is 3.83. The van der Waals surface area contributed by atoms with Gasteiger partial charge in [0, 0.05) is 50.6 Å². The molecule has 5 nitrogen and oxygen atoms in total. The molecule has 5 heteroatoms. The standard InChI is InChI=1S/C50H35N3O2/c1-30-11-9-20-42-44(30)40-18-10-17-38(47(40)55-42)37-27-28-43-45(39-16-7-8-19-41(39)54-43)46(37)50-52-48(34-24-21-33(22-25-34)31-12-3-2-4-13-31)51-49(53-50)36-26-23-32-14-5-6-15-35(32)29-36/h2-10,12-26,29-30H,11,27-28H2,1H3. The van der Waals surface area contributed by atoms with E-state index in [1.165, 1.54) is 16.3 Å². The summed E-state index contributed by atoms with van der Waals surface area (Å²) in [4.78, 5) is 15.9. The zero-order chi connectivity index (χ0) is 36.5. The molecule has 3 aromatic heterocycles. The second kappa shape index (κ2) is 12.6. The molecule has 0 saturated carbocycles. The molecule has 262 valence electrons. The molecule has 0 saturated heterocycles. The molecule has 0 amide bonds. The van der Waals surface area contributed by atoms with Crippen molar-refractivity contribution in [2.75, 3.05) is 0 Å². The summed E-state index contributed by atoms with van der Waals surface area (Å²) in [7, 11) is 0. The van der Waals surface area contributed by atoms with Crippen molar-refractivity contribution < 1.29 is 8.83 Å². The van der Waals surface area contributed by atoms with Gasteiger partial charge in [-0.05, 0) is 64.4 Å². The molecule has 1 atom stereocenters. The maximum atomic E-state index is 6.76. The molecule has 0 aliphatic heterocycles. The van der Waals surface area contributed by atoms with Crippen LogP contribution in [0.2, 0.25) is 0 Å². The Hall–Kier alpha value is -6.85. The molecule has 0 radical (unpaired) electrons. The highest BCUT2D eigenvalue weighted by Gasteiger charge is 2.32. The number of aryl methyl sites for hydroxylation is 1. The summed E-state index contributed by atoms with van der Waals surface area (Å²) in [6.07, 6.45) is 6.86. The fourth-order valence-electron chi connectivity index (χ4n) is 8.62. The van der Waals surface area contributed by atoms with E-state index in [4.69, 9.17) is 23.8 Å². The lowest BCUT2D eigenvalue weighted by Gasteiger charge is -2.21. The predicted octanol–water partition coefficient (Wildman–Crippen LogP) is 12.9. The number of nitrogens with zero attached hydrogens (tertiary/aromatic N) is 3. The van der Waals surface area contributed by atoms with Crippen LogP contribution in [0, 0.1) is 0 Å². The largest absolute Gasteiger partial charge is 0.460 e. The molecule has 0 fully saturated rings. The van der Waals surface area contributed by atoms with Crippen LogP contribution in [0.1, 0.15) is 59.7 Å². The van der Waals surface area contributed by atoms with Crippen molar-refractivity contribution in [3.8, 4) is 33.9 Å². The van der Waals surface area contributed by atoms with Gasteiger partial charge in [0.1, 0.15) is 22.7 Å². The third-order valence-electron chi connectivity index (χ3n) is 11.3. The zero-order valence-corrected chi connectivity index (χ0v) is 30.3. The van der Waals surface area contributed by atoms with Crippen LogP contribution in [0.3, 0.4) is 0 Å². The van der Waals surface area contributed by atoms with E-state index < -0.39 is 0 Å². The quantitative estimate of drug-likeness (QED) is 0.178. The number of aromatic nitrogens is 3. The lowest BCUT2D eigenvalue weighted by atomic mass is 9.83. The SMILES string of the molecule is CC1CC=Cc2oc3c(C4=C(c5nc(-c6ccc(-c7ccccc7)cc6)nc(-c6ccc7ccccc7c6)n5)c5c(oc6ccccc56)CC4)cccc3c21. The molecular formula is C50H35N3O2. The van der Waals surface area contributed by atoms with Crippen LogP contribution in [0.15, 0.2) is 154 Å². The highest BCUT2D eigenvalue weighted by molar-refractivity contribution is 6.10. The van der Waals surface area contributed by atoms with E-state index in [2.05, 4.69) is 140 Å². The van der Waals surface area contributed by atoms with Gasteiger partial charge in [0.2, 0.25) is 0 Å². The first kappa shape index (κ1) is 31.7. The number of allylic oxidation sites excluding steroid dienone is 2. The lowest BCUT2D eigenvalue weighted by Crippen LogP contribution is -2.10. The summed E-state index contributed by atoms with van der Waals surface area (Å²) >= 11 is 0. The van der Waals surface area contributed by atoms with Crippen LogP contribution in [0.25, 0.3) is 83.8 Å². The van der Waals surface area contributed by atoms with Gasteiger partial charge in [-0.15, -0.1) is 0 Å². The number of fused-ring (bicyclic) bond motifs is 7. The fraction of sp³-hybridized carbons (Fsp3) is 0.100. The summed E-state index contributed by atoms with van der Waals surface area (Å²) in [5.74, 6) is 4.13. The molecule has 0 bridgehead atoms. The second-order valence-corrected chi connectivity index (χ2v) is 14.7. The topological polar surface area (TPSA) is 65.0 Å². The Morgan fingerprint density at radius 3 is 2.13 bits per heavy atom. The van der Waals surface area contributed by atoms with E-state index in [0.29, 0.717) is 23.4 Å². The van der Waals surface area contributed by atoms with Crippen molar-refractivity contribution in [1.82, 2.24) is 15.0 Å². The number of para-hydroxylation sites is 2. The van der Waals surface area contributed by atoms with Crippen LogP contribution in [0.5, 0.6) is 0 Å². The summed E-state index contributed by atoms with van der Waals surface area (Å²) in [6, 6.07) is 48.7. The number of hydrogen-bond donors (Lipinski definition) is 0. The van der Waals surface area contributed by atoms with Gasteiger partial charge in [0.15, 0.2) is 17.5 Å². The molecule has 55 heavy (non-hydrogen) atoms. The highest BCUT2D eigenvalue weighted by atomic mass is 16.3. The Morgan fingerprint density at radius 2 is 1.25 bits per heavy atom. The molecule has 1 unspecified atom stereocenters. The number of hydrogen-bond acceptors (Lipinski definition) is 5. The van der Waals surface area contributed by atoms with Gasteiger partial charge in [-0.1, -0.05) is 140 Å². The normalized spacial score (nSPS) is 15.2. The molecule has 3 heterocycles. The molecule has 9 aromatic rings. The smallest absolute Gasteiger partial charge is 0.165 e. The van der Waals surface area contributed by atoms with E-state index in [-0.39, 0.29) is 0 Å². The Kier molecular flexibility index (Phi) is 7.27. The van der Waals surface area contributed by atoms with Gasteiger partial charge in [0.25, 0.3) is 0 Å². The zero-order valence-electron chi connectivity index (χ0n) is 30.3. The van der Waals surface area contributed by atoms with Gasteiger partial charge in [-0.3, -0.25) is 0 Å². The molecule has 6 aromatic carbocycles. The minimum Gasteiger partial charge on any atom is -0.460 e. The van der Waals surface area contributed by atoms with Crippen molar-refractivity contribution in [3.63, 3.8) is 0 Å². The molecular weight excluding hydrogens is 675 g/mol. The Morgan fingerprint density at radius 1 is 0.564 bits per heavy atom. The first-order valence-electron chi connectivity index (χ1n) is 19.0. The summed E-state index contributed by atoms with van der Waals surface area (Å²) < 4.78 is 13.4. The molecule has 2 aliphatic rings. The summed E-state index contributed by atoms with van der Waals surface area (Å²) in [6.45, 7) is 2.28. The minimum atomic E-state index is 0.379. The van der Waals surface area contributed by atoms with E-state index in [9.17, 15) is 0 Å². The number of rotatable bonds is 5. The number of benzene rings is 6. The van der Waals surface area contributed by atoms with E-state index in [0.717, 1.165) is 97.2 Å². The second-order valence-electron chi connectivity index (χ2n) is 14.7. The van der Waals surface area contributed by atoms with Gasteiger partial charge in [-0.2, -0.15) is 0 Å². The van der Waals surface area contributed by atoms with Gasteiger partial charge in [-0.25, -0.2) is 15.0 Å². The van der Waals surface area contributed by atoms with E-state index in [1.807, 2.05) is 18.2 Å². The molecule has 2 aliphatic carbocycles. The minimum absolute atomic E-state index is 0.379. The Balaban J connectivity index is 1.19. The lowest BCUT2D eigenvalue weighted by molar-refractivity contribution is 0.546. The van der Waals surface area contributed by atoms with Crippen molar-refractivity contribution in [2.24, 2.45) is 0 Å². The Bertz CT molecular complexity index is 3020. The molecule has 0 spiro atoms. The van der Waals surface area contributed by atoms with Crippen LogP contribution < -0.4 is 0 Å². The van der Waals surface area contributed by atoms with E-state index >= 15 is 0 Å². The summed E-state index contributed by atoms with van der Waals surface area (Å²) in [5, 5.41) is 4.52. The average molecular weight is 710 g/mol. The van der Waals surface area contributed by atoms with Crippen LogP contribution in [-0.2, 0) is 6.42 Å². The monoisotopic (exact) mass is 709 g/mol. The van der Waals surface area contributed by atoms with Crippen LogP contribution in [-0.4, -0.2) is 15.0 Å². The maximum Gasteiger partial charge on any atom is 0.165 e. The first-order valence-corrected chi connectivity index (χ1v) is 19.0. The van der Waals surface area contributed by atoms with Gasteiger partial charge >= 0.3 is 0 Å². The van der Waals surface area contributed by atoms with Crippen molar-refractivity contribution in [1.29, 1.82) is 0 Å². The first-order chi connectivity index (χ1) is 27.2.